The Balaban J connectivity index is 1.98. The number of amides is 1. The van der Waals surface area contributed by atoms with E-state index < -0.39 is 11.9 Å². The molecule has 7 heteroatoms. The van der Waals surface area contributed by atoms with Gasteiger partial charge in [0, 0.05) is 11.0 Å². The van der Waals surface area contributed by atoms with Crippen LogP contribution in [0, 0.1) is 0 Å². The van der Waals surface area contributed by atoms with Crippen molar-refractivity contribution < 1.29 is 23.8 Å². The van der Waals surface area contributed by atoms with Crippen molar-refractivity contribution in [1.82, 2.24) is 4.90 Å². The van der Waals surface area contributed by atoms with E-state index in [0.717, 1.165) is 4.47 Å². The van der Waals surface area contributed by atoms with E-state index in [4.69, 9.17) is 14.3 Å². The molecule has 1 heterocycles. The molecule has 1 amide bonds. The first-order valence-corrected chi connectivity index (χ1v) is 7.77. The van der Waals surface area contributed by atoms with Gasteiger partial charge in [0.05, 0.1) is 0 Å². The quantitative estimate of drug-likeness (QED) is 0.796. The van der Waals surface area contributed by atoms with E-state index in [0.29, 0.717) is 11.5 Å². The summed E-state index contributed by atoms with van der Waals surface area (Å²) in [5.74, 6) is -0.251. The number of aliphatic carboxylic acids is 1. The van der Waals surface area contributed by atoms with Crippen molar-refractivity contribution in [3.05, 3.63) is 52.4 Å². The average Bonchev–Trinajstić information content (AvgIpc) is 3.00. The molecule has 0 atom stereocenters. The molecule has 0 fully saturated rings. The maximum atomic E-state index is 12.2. The van der Waals surface area contributed by atoms with Crippen LogP contribution in [0.3, 0.4) is 0 Å². The molecule has 0 aliphatic rings. The fraction of sp³-hybridized carbons (Fsp3) is 0.250. The maximum Gasteiger partial charge on any atom is 0.323 e. The van der Waals surface area contributed by atoms with E-state index in [1.54, 1.807) is 13.0 Å². The Bertz CT molecular complexity index is 680. The fourth-order valence-corrected chi connectivity index (χ4v) is 2.17. The number of halogens is 1. The van der Waals surface area contributed by atoms with Crippen LogP contribution in [0.4, 0.5) is 0 Å². The molecule has 0 aliphatic carbocycles. The SMILES string of the molecule is CCN(CC(=O)O)C(=O)c1ccc(COc2ccc(Br)cc2)o1. The number of hydrogen-bond acceptors (Lipinski definition) is 4. The van der Waals surface area contributed by atoms with Crippen LogP contribution in [0.2, 0.25) is 0 Å². The molecule has 0 unspecified atom stereocenters. The summed E-state index contributed by atoms with van der Waals surface area (Å²) in [5.41, 5.74) is 0. The highest BCUT2D eigenvalue weighted by Crippen LogP contribution is 2.18. The van der Waals surface area contributed by atoms with Gasteiger partial charge in [-0.15, -0.1) is 0 Å². The lowest BCUT2D eigenvalue weighted by Crippen LogP contribution is -2.35. The standard InChI is InChI=1S/C16H16BrNO5/c1-2-18(9-15(19)20)16(21)14-8-7-13(23-14)10-22-12-5-3-11(17)4-6-12/h3-8H,2,9-10H2,1H3,(H,19,20). The summed E-state index contributed by atoms with van der Waals surface area (Å²) < 4.78 is 11.9. The highest BCUT2D eigenvalue weighted by molar-refractivity contribution is 9.10. The van der Waals surface area contributed by atoms with Gasteiger partial charge in [-0.1, -0.05) is 15.9 Å². The van der Waals surface area contributed by atoms with Gasteiger partial charge in [0.1, 0.15) is 24.7 Å². The van der Waals surface area contributed by atoms with Gasteiger partial charge in [0.2, 0.25) is 0 Å². The predicted molar refractivity (Wildman–Crippen MR) is 86.4 cm³/mol. The highest BCUT2D eigenvalue weighted by Gasteiger charge is 2.20. The Morgan fingerprint density at radius 1 is 1.22 bits per heavy atom. The van der Waals surface area contributed by atoms with E-state index >= 15 is 0 Å². The molecular weight excluding hydrogens is 366 g/mol. The van der Waals surface area contributed by atoms with Crippen molar-refractivity contribution in [1.29, 1.82) is 0 Å². The number of carbonyl (C=O) groups excluding carboxylic acids is 1. The molecule has 0 saturated carbocycles. The van der Waals surface area contributed by atoms with Crippen LogP contribution in [0.15, 0.2) is 45.3 Å². The molecule has 1 aromatic carbocycles. The lowest BCUT2D eigenvalue weighted by atomic mass is 10.3. The number of likely N-dealkylation sites (N-methyl/N-ethyl adjacent to an activating group) is 1. The Hall–Kier alpha value is -2.28. The van der Waals surface area contributed by atoms with Crippen molar-refractivity contribution in [2.24, 2.45) is 0 Å². The monoisotopic (exact) mass is 381 g/mol. The van der Waals surface area contributed by atoms with Gasteiger partial charge in [-0.25, -0.2) is 0 Å². The zero-order valence-electron chi connectivity index (χ0n) is 12.5. The third-order valence-corrected chi connectivity index (χ3v) is 3.59. The van der Waals surface area contributed by atoms with Gasteiger partial charge in [0.25, 0.3) is 5.91 Å². The molecule has 0 radical (unpaired) electrons. The van der Waals surface area contributed by atoms with Gasteiger partial charge >= 0.3 is 5.97 Å². The minimum Gasteiger partial charge on any atom is -0.486 e. The van der Waals surface area contributed by atoms with Crippen LogP contribution in [-0.2, 0) is 11.4 Å². The first-order chi connectivity index (χ1) is 11.0. The van der Waals surface area contributed by atoms with Crippen LogP contribution < -0.4 is 4.74 Å². The van der Waals surface area contributed by atoms with Crippen molar-refractivity contribution in [2.45, 2.75) is 13.5 Å². The molecule has 6 nitrogen and oxygen atoms in total. The van der Waals surface area contributed by atoms with Crippen molar-refractivity contribution in [3.63, 3.8) is 0 Å². The number of nitrogens with zero attached hydrogens (tertiary/aromatic N) is 1. The van der Waals surface area contributed by atoms with Crippen LogP contribution in [0.25, 0.3) is 0 Å². The van der Waals surface area contributed by atoms with Crippen molar-refractivity contribution >= 4 is 27.8 Å². The van der Waals surface area contributed by atoms with E-state index in [9.17, 15) is 9.59 Å². The minimum absolute atomic E-state index is 0.0995. The van der Waals surface area contributed by atoms with Crippen LogP contribution in [-0.4, -0.2) is 35.0 Å². The van der Waals surface area contributed by atoms with Gasteiger partial charge in [0.15, 0.2) is 5.76 Å². The van der Waals surface area contributed by atoms with E-state index in [1.807, 2.05) is 24.3 Å². The van der Waals surface area contributed by atoms with Gasteiger partial charge in [-0.05, 0) is 43.3 Å². The first kappa shape index (κ1) is 17.1. The molecule has 1 aromatic heterocycles. The second kappa shape index (κ2) is 7.82. The Morgan fingerprint density at radius 3 is 2.52 bits per heavy atom. The minimum atomic E-state index is -1.06. The van der Waals surface area contributed by atoms with Crippen LogP contribution in [0.5, 0.6) is 5.75 Å². The molecule has 122 valence electrons. The normalized spacial score (nSPS) is 10.3. The summed E-state index contributed by atoms with van der Waals surface area (Å²) >= 11 is 3.34. The lowest BCUT2D eigenvalue weighted by molar-refractivity contribution is -0.137. The molecule has 0 saturated heterocycles. The number of carbonyl (C=O) groups is 2. The molecule has 0 spiro atoms. The highest BCUT2D eigenvalue weighted by atomic mass is 79.9. The van der Waals surface area contributed by atoms with Crippen molar-refractivity contribution in [3.8, 4) is 5.75 Å². The average molecular weight is 382 g/mol. The zero-order valence-corrected chi connectivity index (χ0v) is 14.1. The molecule has 0 aliphatic heterocycles. The summed E-state index contributed by atoms with van der Waals surface area (Å²) in [6, 6.07) is 10.5. The number of furan rings is 1. The molecule has 2 rings (SSSR count). The van der Waals surface area contributed by atoms with Crippen LogP contribution in [0.1, 0.15) is 23.2 Å². The Morgan fingerprint density at radius 2 is 1.91 bits per heavy atom. The van der Waals surface area contributed by atoms with Gasteiger partial charge in [-0.3, -0.25) is 9.59 Å². The number of ether oxygens (including phenoxy) is 1. The zero-order chi connectivity index (χ0) is 16.8. The van der Waals surface area contributed by atoms with Crippen molar-refractivity contribution in [2.75, 3.05) is 13.1 Å². The second-order valence-corrected chi connectivity index (χ2v) is 5.64. The fourth-order valence-electron chi connectivity index (χ4n) is 1.90. The molecular formula is C16H16BrNO5. The molecule has 0 bridgehead atoms. The van der Waals surface area contributed by atoms with E-state index in [-0.39, 0.29) is 25.5 Å². The first-order valence-electron chi connectivity index (χ1n) is 6.97. The summed E-state index contributed by atoms with van der Waals surface area (Å²) in [6.07, 6.45) is 0. The summed E-state index contributed by atoms with van der Waals surface area (Å²) in [5, 5.41) is 8.80. The Kier molecular flexibility index (Phi) is 5.81. The second-order valence-electron chi connectivity index (χ2n) is 4.72. The lowest BCUT2D eigenvalue weighted by Gasteiger charge is -2.16. The number of carboxylic acids is 1. The molecule has 23 heavy (non-hydrogen) atoms. The van der Waals surface area contributed by atoms with Gasteiger partial charge < -0.3 is 19.2 Å². The van der Waals surface area contributed by atoms with E-state index in [1.165, 1.54) is 11.0 Å². The van der Waals surface area contributed by atoms with Gasteiger partial charge in [-0.2, -0.15) is 0 Å². The summed E-state index contributed by atoms with van der Waals surface area (Å²) in [4.78, 5) is 24.1. The summed E-state index contributed by atoms with van der Waals surface area (Å²) in [7, 11) is 0. The third kappa shape index (κ3) is 4.85. The largest absolute Gasteiger partial charge is 0.486 e. The molecule has 1 N–H and O–H groups in total. The topological polar surface area (TPSA) is 80.0 Å². The van der Waals surface area contributed by atoms with Crippen LogP contribution >= 0.6 is 15.9 Å². The maximum absolute atomic E-state index is 12.2. The summed E-state index contributed by atoms with van der Waals surface area (Å²) in [6.45, 7) is 1.82. The Labute approximate surface area is 141 Å². The number of hydrogen-bond donors (Lipinski definition) is 1. The predicted octanol–water partition coefficient (Wildman–Crippen LogP) is 3.17. The smallest absolute Gasteiger partial charge is 0.323 e. The number of carboxylic acid groups (broad SMARTS) is 1. The molecule has 2 aromatic rings. The number of benzene rings is 1. The van der Waals surface area contributed by atoms with E-state index in [2.05, 4.69) is 15.9 Å². The third-order valence-electron chi connectivity index (χ3n) is 3.06. The number of rotatable bonds is 7.